The van der Waals surface area contributed by atoms with E-state index < -0.39 is 6.09 Å². The van der Waals surface area contributed by atoms with Gasteiger partial charge in [-0.25, -0.2) is 9.63 Å². The second-order valence-corrected chi connectivity index (χ2v) is 8.44. The van der Waals surface area contributed by atoms with Crippen molar-refractivity contribution in [3.05, 3.63) is 47.7 Å². The van der Waals surface area contributed by atoms with Crippen molar-refractivity contribution >= 4 is 28.4 Å². The van der Waals surface area contributed by atoms with E-state index in [1.807, 2.05) is 49.4 Å². The second-order valence-electron chi connectivity index (χ2n) is 8.44. The number of fused-ring (bicyclic) bond motifs is 1. The zero-order valence-electron chi connectivity index (χ0n) is 19.5. The predicted octanol–water partition coefficient (Wildman–Crippen LogP) is 4.96. The molecule has 1 heterocycles. The van der Waals surface area contributed by atoms with E-state index in [4.69, 9.17) is 14.3 Å². The molecule has 2 N–H and O–H groups in total. The van der Waals surface area contributed by atoms with E-state index in [0.717, 1.165) is 47.2 Å². The molecular formula is C25H31N3O5. The summed E-state index contributed by atoms with van der Waals surface area (Å²) in [6.07, 6.45) is 2.56. The highest BCUT2D eigenvalue weighted by Gasteiger charge is 2.31. The summed E-state index contributed by atoms with van der Waals surface area (Å²) in [5.74, 6) is 0.772. The fraction of sp³-hybridized carbons (Fsp3) is 0.400. The lowest BCUT2D eigenvalue weighted by Crippen LogP contribution is -3.00. The van der Waals surface area contributed by atoms with Gasteiger partial charge in [-0.3, -0.25) is 5.32 Å². The highest BCUT2D eigenvalue weighted by molar-refractivity contribution is 5.99. The van der Waals surface area contributed by atoms with Gasteiger partial charge in [-0.15, -0.1) is 0 Å². The molecule has 1 atom stereocenters. The monoisotopic (exact) mass is 453 g/mol. The van der Waals surface area contributed by atoms with E-state index in [2.05, 4.69) is 9.88 Å². The van der Waals surface area contributed by atoms with Gasteiger partial charge in [0.05, 0.1) is 30.7 Å². The minimum Gasteiger partial charge on any atom is -0.595 e. The van der Waals surface area contributed by atoms with Gasteiger partial charge in [0.15, 0.2) is 5.69 Å². The van der Waals surface area contributed by atoms with Gasteiger partial charge in [0.2, 0.25) is 0 Å². The van der Waals surface area contributed by atoms with Crippen LogP contribution in [-0.2, 0) is 9.57 Å². The van der Waals surface area contributed by atoms with E-state index in [-0.39, 0.29) is 11.3 Å². The largest absolute Gasteiger partial charge is 0.595 e. The number of carbonyl (C=O) groups excluding carboxylic acids is 1. The molecule has 1 fully saturated rings. The number of hydrogen-bond acceptors (Lipinski definition) is 5. The number of anilines is 1. The molecule has 8 nitrogen and oxygen atoms in total. The van der Waals surface area contributed by atoms with E-state index in [0.29, 0.717) is 24.0 Å². The van der Waals surface area contributed by atoms with Crippen molar-refractivity contribution in [1.29, 1.82) is 0 Å². The van der Waals surface area contributed by atoms with Crippen LogP contribution in [0, 0.1) is 5.21 Å². The first-order valence-electron chi connectivity index (χ1n) is 11.4. The Bertz CT molecular complexity index is 1120. The molecule has 1 aliphatic carbocycles. The Morgan fingerprint density at radius 2 is 1.94 bits per heavy atom. The molecule has 1 aromatic heterocycles. The number of aromatic nitrogens is 1. The van der Waals surface area contributed by atoms with Crippen molar-refractivity contribution in [1.82, 2.24) is 4.57 Å². The summed E-state index contributed by atoms with van der Waals surface area (Å²) in [5.41, 5.74) is 3.82. The Hall–Kier alpha value is -3.07. The van der Waals surface area contributed by atoms with E-state index >= 15 is 0 Å². The Morgan fingerprint density at radius 1 is 1.21 bits per heavy atom. The summed E-state index contributed by atoms with van der Waals surface area (Å²) in [6, 6.07) is 13.6. The highest BCUT2D eigenvalue weighted by atomic mass is 16.9. The number of carbonyl (C=O) groups is 1. The van der Waals surface area contributed by atoms with Crippen LogP contribution in [0.2, 0.25) is 0 Å². The molecule has 0 radical (unpaired) electrons. The van der Waals surface area contributed by atoms with Crippen molar-refractivity contribution in [2.45, 2.75) is 52.2 Å². The van der Waals surface area contributed by atoms with Crippen molar-refractivity contribution in [2.24, 2.45) is 0 Å². The number of nitrogens with zero attached hydrogens (tertiary/aromatic N) is 1. The Kier molecular flexibility index (Phi) is 6.88. The summed E-state index contributed by atoms with van der Waals surface area (Å²) in [6.45, 7) is 6.12. The molecular weight excluding hydrogens is 422 g/mol. The minimum atomic E-state index is -0.500. The lowest BCUT2D eigenvalue weighted by atomic mass is 9.92. The molecule has 0 bridgehead atoms. The Morgan fingerprint density at radius 3 is 2.52 bits per heavy atom. The lowest BCUT2D eigenvalue weighted by molar-refractivity contribution is -0.991. The van der Waals surface area contributed by atoms with Crippen molar-refractivity contribution in [2.75, 3.05) is 19.0 Å². The highest BCUT2D eigenvalue weighted by Crippen LogP contribution is 2.44. The first-order chi connectivity index (χ1) is 15.9. The molecule has 4 rings (SSSR count). The molecule has 0 aliphatic heterocycles. The normalized spacial score (nSPS) is 14.8. The van der Waals surface area contributed by atoms with Crippen LogP contribution in [0.3, 0.4) is 0 Å². The van der Waals surface area contributed by atoms with Crippen LogP contribution in [0.15, 0.2) is 42.5 Å². The maximum Gasteiger partial charge on any atom is 0.411 e. The van der Waals surface area contributed by atoms with Crippen molar-refractivity contribution < 1.29 is 24.3 Å². The maximum absolute atomic E-state index is 12.9. The van der Waals surface area contributed by atoms with Gasteiger partial charge >= 0.3 is 6.09 Å². The van der Waals surface area contributed by atoms with Gasteiger partial charge in [0, 0.05) is 23.4 Å². The Labute approximate surface area is 193 Å². The fourth-order valence-corrected chi connectivity index (χ4v) is 4.24. The molecule has 3 aromatic rings. The third-order valence-electron chi connectivity index (χ3n) is 5.86. The van der Waals surface area contributed by atoms with Crippen molar-refractivity contribution in [3.63, 3.8) is 0 Å². The van der Waals surface area contributed by atoms with Gasteiger partial charge in [0.25, 0.3) is 0 Å². The van der Waals surface area contributed by atoms with Crippen LogP contribution in [0.4, 0.5) is 16.2 Å². The summed E-state index contributed by atoms with van der Waals surface area (Å²) < 4.78 is 13.1. The zero-order chi connectivity index (χ0) is 23.5. The number of hydrogen-bond donors (Lipinski definition) is 2. The number of ether oxygens (including phenoxy) is 2. The number of nitrogens with one attached hydrogen (secondary N) is 2. The average molecular weight is 454 g/mol. The SMILES string of the molecule is CCOc1ccc2c([NH+]([O-])OC)c(-c3ccc(NC(=O)OC(C)C)cc3)n(C3CCC3)c2c1. The minimum absolute atomic E-state index is 0.202. The quantitative estimate of drug-likeness (QED) is 0.471. The molecule has 33 heavy (non-hydrogen) atoms. The maximum atomic E-state index is 12.9. The molecule has 176 valence electrons. The number of quaternary nitrogens is 1. The van der Waals surface area contributed by atoms with Gasteiger partial charge < -0.3 is 19.2 Å². The average Bonchev–Trinajstić information content (AvgIpc) is 3.06. The predicted molar refractivity (Wildman–Crippen MR) is 128 cm³/mol. The molecule has 1 unspecified atom stereocenters. The van der Waals surface area contributed by atoms with Crippen molar-refractivity contribution in [3.8, 4) is 17.0 Å². The molecule has 1 saturated carbocycles. The first-order valence-corrected chi connectivity index (χ1v) is 11.4. The summed E-state index contributed by atoms with van der Waals surface area (Å²) in [4.78, 5) is 17.1. The molecule has 1 amide bonds. The molecule has 0 saturated heterocycles. The van der Waals surface area contributed by atoms with Crippen LogP contribution in [0.5, 0.6) is 5.75 Å². The smallest absolute Gasteiger partial charge is 0.411 e. The zero-order valence-corrected chi connectivity index (χ0v) is 19.5. The van der Waals surface area contributed by atoms with Gasteiger partial charge in [-0.1, -0.05) is 12.1 Å². The molecule has 1 aliphatic rings. The Balaban J connectivity index is 1.82. The van der Waals surface area contributed by atoms with Crippen LogP contribution in [-0.4, -0.2) is 30.5 Å². The third kappa shape index (κ3) is 4.68. The number of benzene rings is 2. The van der Waals surface area contributed by atoms with E-state index in [1.54, 1.807) is 13.8 Å². The van der Waals surface area contributed by atoms with E-state index in [9.17, 15) is 10.0 Å². The topological polar surface area (TPSA) is 89.2 Å². The van der Waals surface area contributed by atoms with E-state index in [1.165, 1.54) is 7.11 Å². The van der Waals surface area contributed by atoms with Crippen LogP contribution < -0.4 is 15.3 Å². The number of rotatable bonds is 8. The van der Waals surface area contributed by atoms with Crippen LogP contribution in [0.25, 0.3) is 22.2 Å². The van der Waals surface area contributed by atoms with Gasteiger partial charge in [0.1, 0.15) is 11.4 Å². The summed E-state index contributed by atoms with van der Waals surface area (Å²) in [7, 11) is 1.40. The van der Waals surface area contributed by atoms with Gasteiger partial charge in [-0.05, 0) is 64.3 Å². The molecule has 2 aromatic carbocycles. The summed E-state index contributed by atoms with van der Waals surface area (Å²) in [5, 5.41) is 16.1. The lowest BCUT2D eigenvalue weighted by Gasteiger charge is -2.30. The molecule has 8 heteroatoms. The van der Waals surface area contributed by atoms with Crippen LogP contribution in [0.1, 0.15) is 46.1 Å². The van der Waals surface area contributed by atoms with Gasteiger partial charge in [-0.2, -0.15) is 5.23 Å². The first kappa shape index (κ1) is 23.1. The second kappa shape index (κ2) is 9.82. The number of amides is 1. The summed E-state index contributed by atoms with van der Waals surface area (Å²) >= 11 is 0. The van der Waals surface area contributed by atoms with Crippen LogP contribution >= 0.6 is 0 Å². The molecule has 0 spiro atoms. The third-order valence-corrected chi connectivity index (χ3v) is 5.86. The standard InChI is InChI=1S/C25H31N3O5/c1-5-32-20-13-14-21-22(15-20)27(19-7-6-8-19)23(24(21)28(30)31-4)17-9-11-18(12-10-17)26-25(29)33-16(2)3/h9-16,19,28H,5-8H2,1-4H3,(H,26,29). The fourth-order valence-electron chi connectivity index (χ4n) is 4.24.